The number of benzene rings is 1. The summed E-state index contributed by atoms with van der Waals surface area (Å²) in [6.45, 7) is 10.4. The van der Waals surface area contributed by atoms with Crippen LogP contribution < -0.4 is 0 Å². The molecule has 2 atom stereocenters. The van der Waals surface area contributed by atoms with E-state index in [-0.39, 0.29) is 5.91 Å². The van der Waals surface area contributed by atoms with Crippen LogP contribution in [0.1, 0.15) is 35.5 Å². The number of rotatable bonds is 8. The molecule has 5 nitrogen and oxygen atoms in total. The van der Waals surface area contributed by atoms with Crippen molar-refractivity contribution in [2.24, 2.45) is 5.92 Å². The molecule has 28 heavy (non-hydrogen) atoms. The van der Waals surface area contributed by atoms with Crippen LogP contribution in [0.5, 0.6) is 0 Å². The zero-order chi connectivity index (χ0) is 20.1. The summed E-state index contributed by atoms with van der Waals surface area (Å²) in [5.41, 5.74) is 2.62. The molecule has 1 amide bonds. The van der Waals surface area contributed by atoms with Gasteiger partial charge in [-0.15, -0.1) is 0 Å². The molecule has 1 fully saturated rings. The molecule has 0 spiro atoms. The van der Waals surface area contributed by atoms with Crippen molar-refractivity contribution < 1.29 is 13.9 Å². The van der Waals surface area contributed by atoms with Gasteiger partial charge in [-0.05, 0) is 37.5 Å². The zero-order valence-corrected chi connectivity index (χ0v) is 17.5. The fourth-order valence-corrected chi connectivity index (χ4v) is 4.12. The molecule has 5 heteroatoms. The zero-order valence-electron chi connectivity index (χ0n) is 17.5. The molecule has 1 aromatic heterocycles. The second kappa shape index (κ2) is 9.39. The molecule has 1 aliphatic rings. The van der Waals surface area contributed by atoms with Crippen LogP contribution in [0.2, 0.25) is 0 Å². The van der Waals surface area contributed by atoms with Crippen molar-refractivity contribution in [3.05, 3.63) is 59.0 Å². The molecule has 0 saturated carbocycles. The van der Waals surface area contributed by atoms with Gasteiger partial charge in [-0.2, -0.15) is 0 Å². The molecule has 1 aliphatic heterocycles. The lowest BCUT2D eigenvalue weighted by Gasteiger charge is -2.27. The van der Waals surface area contributed by atoms with Gasteiger partial charge in [0.2, 0.25) is 5.91 Å². The molecule has 0 bridgehead atoms. The van der Waals surface area contributed by atoms with E-state index in [0.29, 0.717) is 25.0 Å². The second-order valence-electron chi connectivity index (χ2n) is 7.94. The summed E-state index contributed by atoms with van der Waals surface area (Å²) in [6.07, 6.45) is 0. The monoisotopic (exact) mass is 384 g/mol. The predicted molar refractivity (Wildman–Crippen MR) is 110 cm³/mol. The quantitative estimate of drug-likeness (QED) is 0.698. The predicted octanol–water partition coefficient (Wildman–Crippen LogP) is 3.61. The Bertz CT molecular complexity index is 768. The van der Waals surface area contributed by atoms with E-state index >= 15 is 0 Å². The molecule has 3 rings (SSSR count). The van der Waals surface area contributed by atoms with Gasteiger partial charge in [-0.1, -0.05) is 29.8 Å². The number of hydrogen-bond donors (Lipinski definition) is 0. The number of carbonyl (C=O) groups excluding carboxylic acids is 1. The van der Waals surface area contributed by atoms with Gasteiger partial charge in [-0.25, -0.2) is 0 Å². The molecule has 0 aliphatic carbocycles. The normalized spacial score (nSPS) is 19.9. The van der Waals surface area contributed by atoms with E-state index in [4.69, 9.17) is 9.15 Å². The van der Waals surface area contributed by atoms with Crippen LogP contribution in [0.4, 0.5) is 0 Å². The number of carbonyl (C=O) groups is 1. The van der Waals surface area contributed by atoms with E-state index in [1.165, 1.54) is 11.1 Å². The SMILES string of the molecule is COCCN(CC1CN(Cc2ccc(C)o2)CC1c1ccc(C)cc1)C(C)=O. The lowest BCUT2D eigenvalue weighted by Crippen LogP contribution is -2.38. The number of ether oxygens (including phenoxy) is 1. The van der Waals surface area contributed by atoms with Crippen LogP contribution >= 0.6 is 0 Å². The van der Waals surface area contributed by atoms with E-state index in [1.807, 2.05) is 17.9 Å². The molecule has 2 heterocycles. The summed E-state index contributed by atoms with van der Waals surface area (Å²) in [6, 6.07) is 12.9. The van der Waals surface area contributed by atoms with Crippen molar-refractivity contribution in [3.8, 4) is 0 Å². The van der Waals surface area contributed by atoms with Crippen molar-refractivity contribution in [2.75, 3.05) is 39.9 Å². The molecule has 2 unspecified atom stereocenters. The second-order valence-corrected chi connectivity index (χ2v) is 7.94. The molecule has 2 aromatic rings. The maximum atomic E-state index is 12.1. The van der Waals surface area contributed by atoms with Gasteiger partial charge >= 0.3 is 0 Å². The lowest BCUT2D eigenvalue weighted by atomic mass is 9.88. The summed E-state index contributed by atoms with van der Waals surface area (Å²) in [4.78, 5) is 16.5. The minimum absolute atomic E-state index is 0.111. The number of furan rings is 1. The van der Waals surface area contributed by atoms with Gasteiger partial charge in [0.05, 0.1) is 13.2 Å². The van der Waals surface area contributed by atoms with E-state index in [0.717, 1.165) is 37.7 Å². The van der Waals surface area contributed by atoms with E-state index < -0.39 is 0 Å². The Kier molecular flexibility index (Phi) is 6.92. The molecular weight excluding hydrogens is 352 g/mol. The summed E-state index contributed by atoms with van der Waals surface area (Å²) in [5.74, 6) is 2.85. The standard InChI is InChI=1S/C23H32N2O3/c1-17-5-8-20(9-6-17)23-16-24(15-22-10-7-18(2)28-22)13-21(23)14-25(19(3)26)11-12-27-4/h5-10,21,23H,11-16H2,1-4H3. The van der Waals surface area contributed by atoms with Gasteiger partial charge in [0.15, 0.2) is 0 Å². The minimum Gasteiger partial charge on any atom is -0.465 e. The number of amides is 1. The summed E-state index contributed by atoms with van der Waals surface area (Å²) >= 11 is 0. The number of methoxy groups -OCH3 is 1. The Morgan fingerprint density at radius 3 is 2.54 bits per heavy atom. The fraction of sp³-hybridized carbons (Fsp3) is 0.522. The average molecular weight is 385 g/mol. The largest absolute Gasteiger partial charge is 0.465 e. The molecule has 1 saturated heterocycles. The number of nitrogens with zero attached hydrogens (tertiary/aromatic N) is 2. The van der Waals surface area contributed by atoms with E-state index in [9.17, 15) is 4.79 Å². The molecule has 1 aromatic carbocycles. The van der Waals surface area contributed by atoms with Crippen LogP contribution in [0.25, 0.3) is 0 Å². The summed E-state index contributed by atoms with van der Waals surface area (Å²) in [7, 11) is 1.68. The average Bonchev–Trinajstić information content (AvgIpc) is 3.25. The summed E-state index contributed by atoms with van der Waals surface area (Å²) in [5, 5.41) is 0. The Hall–Kier alpha value is -2.11. The van der Waals surface area contributed by atoms with E-state index in [2.05, 4.69) is 42.2 Å². The van der Waals surface area contributed by atoms with Gasteiger partial charge < -0.3 is 14.1 Å². The first-order valence-electron chi connectivity index (χ1n) is 10.0. The Balaban J connectivity index is 1.76. The first kappa shape index (κ1) is 20.6. The molecular formula is C23H32N2O3. The van der Waals surface area contributed by atoms with Crippen LogP contribution in [-0.4, -0.2) is 55.6 Å². The number of likely N-dealkylation sites (tertiary alicyclic amines) is 1. The summed E-state index contributed by atoms with van der Waals surface area (Å²) < 4.78 is 11.0. The Morgan fingerprint density at radius 1 is 1.18 bits per heavy atom. The van der Waals surface area contributed by atoms with Gasteiger partial charge in [0.25, 0.3) is 0 Å². The highest BCUT2D eigenvalue weighted by molar-refractivity contribution is 5.73. The van der Waals surface area contributed by atoms with Crippen molar-refractivity contribution in [1.29, 1.82) is 0 Å². The van der Waals surface area contributed by atoms with Gasteiger partial charge in [0, 0.05) is 46.1 Å². The van der Waals surface area contributed by atoms with Crippen LogP contribution in [-0.2, 0) is 16.1 Å². The number of hydrogen-bond acceptors (Lipinski definition) is 4. The maximum absolute atomic E-state index is 12.1. The Morgan fingerprint density at radius 2 is 1.93 bits per heavy atom. The molecule has 152 valence electrons. The third-order valence-electron chi connectivity index (χ3n) is 5.66. The first-order valence-corrected chi connectivity index (χ1v) is 10.0. The van der Waals surface area contributed by atoms with Crippen LogP contribution in [0.15, 0.2) is 40.8 Å². The number of aryl methyl sites for hydroxylation is 2. The smallest absolute Gasteiger partial charge is 0.219 e. The van der Waals surface area contributed by atoms with Crippen LogP contribution in [0, 0.1) is 19.8 Å². The third kappa shape index (κ3) is 5.24. The maximum Gasteiger partial charge on any atom is 0.219 e. The topological polar surface area (TPSA) is 45.9 Å². The lowest BCUT2D eigenvalue weighted by molar-refractivity contribution is -0.130. The van der Waals surface area contributed by atoms with Crippen molar-refractivity contribution in [3.63, 3.8) is 0 Å². The van der Waals surface area contributed by atoms with Gasteiger partial charge in [0.1, 0.15) is 11.5 Å². The van der Waals surface area contributed by atoms with Gasteiger partial charge in [-0.3, -0.25) is 9.69 Å². The minimum atomic E-state index is 0.111. The van der Waals surface area contributed by atoms with Crippen molar-refractivity contribution in [2.45, 2.75) is 33.2 Å². The molecule has 0 N–H and O–H groups in total. The highest BCUT2D eigenvalue weighted by atomic mass is 16.5. The highest BCUT2D eigenvalue weighted by Crippen LogP contribution is 2.34. The Labute approximate surface area is 168 Å². The van der Waals surface area contributed by atoms with Crippen LogP contribution in [0.3, 0.4) is 0 Å². The fourth-order valence-electron chi connectivity index (χ4n) is 4.12. The first-order chi connectivity index (χ1) is 13.5. The van der Waals surface area contributed by atoms with Crippen molar-refractivity contribution in [1.82, 2.24) is 9.80 Å². The highest BCUT2D eigenvalue weighted by Gasteiger charge is 2.35. The van der Waals surface area contributed by atoms with Crippen molar-refractivity contribution >= 4 is 5.91 Å². The third-order valence-corrected chi connectivity index (χ3v) is 5.66. The molecule has 0 radical (unpaired) electrons. The van der Waals surface area contributed by atoms with E-state index in [1.54, 1.807) is 14.0 Å².